The lowest BCUT2D eigenvalue weighted by Gasteiger charge is -2.20. The maximum Gasteiger partial charge on any atom is 0.413 e. The van der Waals surface area contributed by atoms with Crippen molar-refractivity contribution < 1.29 is 9.53 Å². The lowest BCUT2D eigenvalue weighted by molar-refractivity contribution is 0.0635. The Hall–Kier alpha value is -2.34. The zero-order valence-corrected chi connectivity index (χ0v) is 16.0. The van der Waals surface area contributed by atoms with E-state index in [9.17, 15) is 4.79 Å². The van der Waals surface area contributed by atoms with Gasteiger partial charge in [0.25, 0.3) is 0 Å². The summed E-state index contributed by atoms with van der Waals surface area (Å²) >= 11 is 3.46. The molecule has 130 valence electrons. The molecule has 0 aliphatic rings. The lowest BCUT2D eigenvalue weighted by atomic mass is 10.2. The molecule has 1 N–H and O–H groups in total. The van der Waals surface area contributed by atoms with Crippen molar-refractivity contribution in [2.45, 2.75) is 31.7 Å². The molecule has 0 bridgehead atoms. The second-order valence-corrected chi connectivity index (χ2v) is 7.27. The molecule has 0 aliphatic carbocycles. The van der Waals surface area contributed by atoms with Gasteiger partial charge in [0.15, 0.2) is 0 Å². The molecule has 0 radical (unpaired) electrons. The Labute approximate surface area is 155 Å². The van der Waals surface area contributed by atoms with Gasteiger partial charge in [-0.1, -0.05) is 40.2 Å². The molecule has 5 nitrogen and oxygen atoms in total. The van der Waals surface area contributed by atoms with Crippen LogP contribution in [0.15, 0.2) is 48.5 Å². The third kappa shape index (κ3) is 4.02. The van der Waals surface area contributed by atoms with E-state index in [1.807, 2.05) is 69.3 Å². The first kappa shape index (κ1) is 17.5. The number of hydrogen-bond acceptors (Lipinski definition) is 3. The van der Waals surface area contributed by atoms with Gasteiger partial charge in [-0.3, -0.25) is 5.32 Å². The number of hydrogen-bond donors (Lipinski definition) is 1. The minimum atomic E-state index is -0.569. The van der Waals surface area contributed by atoms with Gasteiger partial charge in [0.1, 0.15) is 11.4 Å². The van der Waals surface area contributed by atoms with Gasteiger partial charge in [-0.15, -0.1) is 0 Å². The SMILES string of the molecule is CC(C)(C)OC(=O)Nc1c2ccc(CBr)cc2nn1-c1ccccc1. The Morgan fingerprint density at radius 3 is 2.56 bits per heavy atom. The maximum absolute atomic E-state index is 12.3. The van der Waals surface area contributed by atoms with E-state index in [0.29, 0.717) is 5.82 Å². The number of anilines is 1. The van der Waals surface area contributed by atoms with Gasteiger partial charge >= 0.3 is 6.09 Å². The average molecular weight is 402 g/mol. The van der Waals surface area contributed by atoms with E-state index < -0.39 is 11.7 Å². The van der Waals surface area contributed by atoms with Crippen LogP contribution in [0.4, 0.5) is 10.6 Å². The molecule has 0 unspecified atom stereocenters. The number of para-hydroxylation sites is 1. The fraction of sp³-hybridized carbons (Fsp3) is 0.263. The highest BCUT2D eigenvalue weighted by molar-refractivity contribution is 9.08. The molecular formula is C19H20BrN3O2. The van der Waals surface area contributed by atoms with Crippen LogP contribution in [0.2, 0.25) is 0 Å². The Kier molecular flexibility index (Phi) is 4.81. The van der Waals surface area contributed by atoms with Gasteiger partial charge in [-0.05, 0) is 50.6 Å². The zero-order chi connectivity index (χ0) is 18.0. The standard InChI is InChI=1S/C19H20BrN3O2/c1-19(2,3)25-18(24)21-17-15-10-9-13(12-20)11-16(15)22-23(17)14-7-5-4-6-8-14/h4-11H,12H2,1-3H3,(H,21,24). The summed E-state index contributed by atoms with van der Waals surface area (Å²) in [6.07, 6.45) is -0.504. The van der Waals surface area contributed by atoms with E-state index in [2.05, 4.69) is 26.3 Å². The quantitative estimate of drug-likeness (QED) is 0.608. The highest BCUT2D eigenvalue weighted by Crippen LogP contribution is 2.28. The number of ether oxygens (including phenoxy) is 1. The second kappa shape index (κ2) is 6.88. The van der Waals surface area contributed by atoms with Crippen molar-refractivity contribution in [3.63, 3.8) is 0 Å². The van der Waals surface area contributed by atoms with Crippen LogP contribution < -0.4 is 5.32 Å². The molecule has 0 aliphatic heterocycles. The third-order valence-electron chi connectivity index (χ3n) is 3.51. The van der Waals surface area contributed by atoms with Gasteiger partial charge < -0.3 is 4.74 Å². The molecular weight excluding hydrogens is 382 g/mol. The van der Waals surface area contributed by atoms with Gasteiger partial charge in [-0.2, -0.15) is 5.10 Å². The van der Waals surface area contributed by atoms with Crippen molar-refractivity contribution in [3.05, 3.63) is 54.1 Å². The minimum Gasteiger partial charge on any atom is -0.444 e. The van der Waals surface area contributed by atoms with E-state index in [-0.39, 0.29) is 0 Å². The predicted octanol–water partition coefficient (Wildman–Crippen LogP) is 5.27. The van der Waals surface area contributed by atoms with E-state index in [1.165, 1.54) is 0 Å². The Morgan fingerprint density at radius 2 is 1.92 bits per heavy atom. The number of halogens is 1. The van der Waals surface area contributed by atoms with Gasteiger partial charge in [0.05, 0.1) is 11.2 Å². The Balaban J connectivity index is 2.08. The largest absolute Gasteiger partial charge is 0.444 e. The van der Waals surface area contributed by atoms with Crippen LogP contribution in [-0.2, 0) is 10.1 Å². The van der Waals surface area contributed by atoms with Crippen LogP contribution in [0.3, 0.4) is 0 Å². The summed E-state index contributed by atoms with van der Waals surface area (Å²) in [4.78, 5) is 12.3. The number of rotatable bonds is 3. The van der Waals surface area contributed by atoms with Crippen LogP contribution in [0.1, 0.15) is 26.3 Å². The first-order valence-corrected chi connectivity index (χ1v) is 9.12. The van der Waals surface area contributed by atoms with E-state index in [4.69, 9.17) is 4.74 Å². The van der Waals surface area contributed by atoms with E-state index in [0.717, 1.165) is 27.5 Å². The number of amides is 1. The van der Waals surface area contributed by atoms with Crippen molar-refractivity contribution >= 4 is 38.7 Å². The molecule has 1 aromatic heterocycles. The molecule has 3 aromatic rings. The predicted molar refractivity (Wildman–Crippen MR) is 104 cm³/mol. The van der Waals surface area contributed by atoms with Crippen LogP contribution in [-0.4, -0.2) is 21.5 Å². The fourth-order valence-corrected chi connectivity index (χ4v) is 2.84. The number of aromatic nitrogens is 2. The molecule has 3 rings (SSSR count). The minimum absolute atomic E-state index is 0.504. The first-order valence-electron chi connectivity index (χ1n) is 8.00. The molecule has 0 saturated heterocycles. The molecule has 6 heteroatoms. The number of carbonyl (C=O) groups is 1. The van der Waals surface area contributed by atoms with Crippen LogP contribution >= 0.6 is 15.9 Å². The van der Waals surface area contributed by atoms with Crippen molar-refractivity contribution in [3.8, 4) is 5.69 Å². The van der Waals surface area contributed by atoms with Gasteiger partial charge in [-0.25, -0.2) is 9.48 Å². The highest BCUT2D eigenvalue weighted by atomic mass is 79.9. The average Bonchev–Trinajstić information content (AvgIpc) is 2.91. The second-order valence-electron chi connectivity index (χ2n) is 6.71. The van der Waals surface area contributed by atoms with Crippen LogP contribution in [0.5, 0.6) is 0 Å². The number of carbonyl (C=O) groups excluding carboxylic acids is 1. The number of benzene rings is 2. The van der Waals surface area contributed by atoms with Crippen molar-refractivity contribution in [2.24, 2.45) is 0 Å². The summed E-state index contributed by atoms with van der Waals surface area (Å²) in [5.41, 5.74) is 2.23. The summed E-state index contributed by atoms with van der Waals surface area (Å²) in [5.74, 6) is 0.594. The smallest absolute Gasteiger partial charge is 0.413 e. The number of nitrogens with zero attached hydrogens (tertiary/aromatic N) is 2. The summed E-state index contributed by atoms with van der Waals surface area (Å²) in [6, 6.07) is 15.7. The zero-order valence-electron chi connectivity index (χ0n) is 14.4. The third-order valence-corrected chi connectivity index (χ3v) is 4.16. The number of nitrogens with one attached hydrogen (secondary N) is 1. The van der Waals surface area contributed by atoms with Crippen LogP contribution in [0, 0.1) is 0 Å². The number of alkyl halides is 1. The maximum atomic E-state index is 12.3. The normalized spacial score (nSPS) is 11.5. The summed E-state index contributed by atoms with van der Waals surface area (Å²) in [5, 5.41) is 9.13. The highest BCUT2D eigenvalue weighted by Gasteiger charge is 2.20. The summed E-state index contributed by atoms with van der Waals surface area (Å²) < 4.78 is 7.13. The Bertz CT molecular complexity index is 898. The Morgan fingerprint density at radius 1 is 1.20 bits per heavy atom. The van der Waals surface area contributed by atoms with Crippen molar-refractivity contribution in [1.82, 2.24) is 9.78 Å². The summed E-state index contributed by atoms with van der Waals surface area (Å²) in [7, 11) is 0. The lowest BCUT2D eigenvalue weighted by Crippen LogP contribution is -2.28. The van der Waals surface area contributed by atoms with E-state index >= 15 is 0 Å². The van der Waals surface area contributed by atoms with Crippen molar-refractivity contribution in [2.75, 3.05) is 5.32 Å². The molecule has 0 fully saturated rings. The van der Waals surface area contributed by atoms with Crippen LogP contribution in [0.25, 0.3) is 16.6 Å². The molecule has 0 spiro atoms. The molecule has 1 amide bonds. The van der Waals surface area contributed by atoms with Crippen molar-refractivity contribution in [1.29, 1.82) is 0 Å². The number of fused-ring (bicyclic) bond motifs is 1. The molecule has 1 heterocycles. The molecule has 25 heavy (non-hydrogen) atoms. The first-order chi connectivity index (χ1) is 11.9. The topological polar surface area (TPSA) is 56.1 Å². The van der Waals surface area contributed by atoms with Gasteiger partial charge in [0, 0.05) is 10.7 Å². The van der Waals surface area contributed by atoms with E-state index in [1.54, 1.807) is 4.68 Å². The van der Waals surface area contributed by atoms with Gasteiger partial charge in [0.2, 0.25) is 0 Å². The summed E-state index contributed by atoms with van der Waals surface area (Å²) in [6.45, 7) is 5.50. The fourth-order valence-electron chi connectivity index (χ4n) is 2.49. The molecule has 0 atom stereocenters. The molecule has 2 aromatic carbocycles. The monoisotopic (exact) mass is 401 g/mol. The molecule has 0 saturated carbocycles.